The molecule has 0 saturated carbocycles. The summed E-state index contributed by atoms with van der Waals surface area (Å²) in [5.74, 6) is 2.36. The molecule has 152 valence electrons. The first-order chi connectivity index (χ1) is 14.2. The van der Waals surface area contributed by atoms with E-state index in [1.54, 1.807) is 13.2 Å². The van der Waals surface area contributed by atoms with Gasteiger partial charge in [0.2, 0.25) is 0 Å². The molecule has 1 heterocycles. The molecule has 0 atom stereocenters. The number of aryl methyl sites for hydroxylation is 2. The molecule has 0 amide bonds. The second-order valence-corrected chi connectivity index (χ2v) is 6.95. The van der Waals surface area contributed by atoms with Crippen molar-refractivity contribution in [2.45, 2.75) is 39.0 Å². The Kier molecular flexibility index (Phi) is 7.45. The largest absolute Gasteiger partial charge is 0.504 e. The minimum atomic E-state index is 0.160. The number of methoxy groups -OCH3 is 1. The Bertz CT molecular complexity index is 928. The molecule has 3 rings (SSSR count). The lowest BCUT2D eigenvalue weighted by Gasteiger charge is -2.09. The summed E-state index contributed by atoms with van der Waals surface area (Å²) in [6, 6.07) is 15.4. The second kappa shape index (κ2) is 10.5. The number of hydrogen-bond donors (Lipinski definition) is 1. The Morgan fingerprint density at radius 3 is 2.72 bits per heavy atom. The zero-order valence-electron chi connectivity index (χ0n) is 17.1. The first-order valence-electron chi connectivity index (χ1n) is 10.1. The highest BCUT2D eigenvalue weighted by molar-refractivity contribution is 5.60. The topological polar surface area (TPSA) is 64.5 Å². The van der Waals surface area contributed by atoms with Gasteiger partial charge >= 0.3 is 0 Å². The molecule has 0 radical (unpaired) electrons. The molecule has 0 aliphatic rings. The van der Waals surface area contributed by atoms with Crippen molar-refractivity contribution in [3.63, 3.8) is 0 Å². The maximum Gasteiger partial charge on any atom is 0.160 e. The van der Waals surface area contributed by atoms with E-state index in [0.29, 0.717) is 5.75 Å². The molecule has 3 aromatic rings. The summed E-state index contributed by atoms with van der Waals surface area (Å²) < 4.78 is 11.0. The van der Waals surface area contributed by atoms with E-state index in [0.717, 1.165) is 67.1 Å². The third kappa shape index (κ3) is 5.95. The van der Waals surface area contributed by atoms with Crippen LogP contribution in [-0.2, 0) is 12.8 Å². The minimum absolute atomic E-state index is 0.160. The van der Waals surface area contributed by atoms with Gasteiger partial charge < -0.3 is 14.6 Å². The van der Waals surface area contributed by atoms with Gasteiger partial charge in [0, 0.05) is 18.2 Å². The number of rotatable bonds is 10. The maximum atomic E-state index is 9.70. The summed E-state index contributed by atoms with van der Waals surface area (Å²) in [6.45, 7) is 2.89. The van der Waals surface area contributed by atoms with Crippen molar-refractivity contribution < 1.29 is 14.6 Å². The molecule has 5 heteroatoms. The van der Waals surface area contributed by atoms with Crippen LogP contribution in [0.4, 0.5) is 0 Å². The van der Waals surface area contributed by atoms with Gasteiger partial charge in [-0.25, -0.2) is 9.97 Å². The van der Waals surface area contributed by atoms with Crippen LogP contribution in [0.15, 0.2) is 54.7 Å². The van der Waals surface area contributed by atoms with Crippen LogP contribution in [0.1, 0.15) is 37.6 Å². The highest BCUT2D eigenvalue weighted by Gasteiger charge is 2.06. The van der Waals surface area contributed by atoms with Crippen LogP contribution in [0, 0.1) is 0 Å². The Morgan fingerprint density at radius 2 is 1.90 bits per heavy atom. The highest BCUT2D eigenvalue weighted by Crippen LogP contribution is 2.27. The normalized spacial score (nSPS) is 10.7. The van der Waals surface area contributed by atoms with Gasteiger partial charge in [-0.3, -0.25) is 0 Å². The first-order valence-corrected chi connectivity index (χ1v) is 10.1. The quantitative estimate of drug-likeness (QED) is 0.480. The van der Waals surface area contributed by atoms with Gasteiger partial charge in [0.25, 0.3) is 0 Å². The molecule has 0 bridgehead atoms. The second-order valence-electron chi connectivity index (χ2n) is 6.95. The number of ether oxygens (including phenoxy) is 2. The number of unbranched alkanes of at least 4 members (excludes halogenated alkanes) is 1. The molecule has 0 saturated heterocycles. The lowest BCUT2D eigenvalue weighted by Crippen LogP contribution is -1.99. The van der Waals surface area contributed by atoms with E-state index >= 15 is 0 Å². The lowest BCUT2D eigenvalue weighted by molar-refractivity contribution is 0.309. The van der Waals surface area contributed by atoms with E-state index in [2.05, 4.69) is 11.9 Å². The smallest absolute Gasteiger partial charge is 0.160 e. The minimum Gasteiger partial charge on any atom is -0.504 e. The van der Waals surface area contributed by atoms with Gasteiger partial charge in [-0.1, -0.05) is 31.5 Å². The third-order valence-electron chi connectivity index (χ3n) is 4.71. The molecule has 1 aromatic heterocycles. The van der Waals surface area contributed by atoms with Gasteiger partial charge in [-0.2, -0.15) is 0 Å². The average Bonchev–Trinajstić information content (AvgIpc) is 2.75. The van der Waals surface area contributed by atoms with Gasteiger partial charge in [0.15, 0.2) is 11.5 Å². The fourth-order valence-corrected chi connectivity index (χ4v) is 3.09. The van der Waals surface area contributed by atoms with Gasteiger partial charge in [0.05, 0.1) is 19.4 Å². The number of aromatic hydroxyl groups is 1. The molecule has 0 spiro atoms. The lowest BCUT2D eigenvalue weighted by atomic mass is 10.1. The summed E-state index contributed by atoms with van der Waals surface area (Å²) in [5, 5.41) is 9.70. The summed E-state index contributed by atoms with van der Waals surface area (Å²) >= 11 is 0. The fraction of sp³-hybridized carbons (Fsp3) is 0.333. The number of hydrogen-bond acceptors (Lipinski definition) is 5. The molecule has 0 aliphatic heterocycles. The van der Waals surface area contributed by atoms with Crippen molar-refractivity contribution >= 4 is 0 Å². The number of nitrogens with zero attached hydrogens (tertiary/aromatic N) is 2. The van der Waals surface area contributed by atoms with Crippen LogP contribution in [0.2, 0.25) is 0 Å². The number of phenols is 1. The Hall–Kier alpha value is -3.08. The highest BCUT2D eigenvalue weighted by atomic mass is 16.5. The summed E-state index contributed by atoms with van der Waals surface area (Å²) in [6.07, 6.45) is 6.54. The maximum absolute atomic E-state index is 9.70. The van der Waals surface area contributed by atoms with Crippen molar-refractivity contribution in [1.29, 1.82) is 0 Å². The molecule has 2 aromatic carbocycles. The SMILES string of the molecule is CCCCOc1cccc(-c2ccnc(CCCc3ccc(O)c(OC)c3)n2)c1. The monoisotopic (exact) mass is 392 g/mol. The molecule has 5 nitrogen and oxygen atoms in total. The van der Waals surface area contributed by atoms with Crippen LogP contribution in [0.3, 0.4) is 0 Å². The first kappa shape index (κ1) is 20.6. The molecule has 0 aliphatic carbocycles. The van der Waals surface area contributed by atoms with Crippen molar-refractivity contribution in [1.82, 2.24) is 9.97 Å². The van der Waals surface area contributed by atoms with Gasteiger partial charge in [-0.05, 0) is 55.2 Å². The van der Waals surface area contributed by atoms with Gasteiger partial charge in [0.1, 0.15) is 11.6 Å². The van der Waals surface area contributed by atoms with E-state index in [4.69, 9.17) is 14.5 Å². The van der Waals surface area contributed by atoms with E-state index in [1.807, 2.05) is 48.7 Å². The van der Waals surface area contributed by atoms with Crippen molar-refractivity contribution in [2.75, 3.05) is 13.7 Å². The van der Waals surface area contributed by atoms with Crippen molar-refractivity contribution in [2.24, 2.45) is 0 Å². The summed E-state index contributed by atoms with van der Waals surface area (Å²) in [4.78, 5) is 9.15. The van der Waals surface area contributed by atoms with Crippen LogP contribution < -0.4 is 9.47 Å². The van der Waals surface area contributed by atoms with Crippen molar-refractivity contribution in [3.8, 4) is 28.5 Å². The fourth-order valence-electron chi connectivity index (χ4n) is 3.09. The number of phenolic OH excluding ortho intramolecular Hbond substituents is 1. The summed E-state index contributed by atoms with van der Waals surface area (Å²) in [5.41, 5.74) is 3.06. The zero-order valence-corrected chi connectivity index (χ0v) is 17.1. The van der Waals surface area contributed by atoms with Crippen LogP contribution in [-0.4, -0.2) is 28.8 Å². The average molecular weight is 392 g/mol. The predicted molar refractivity (Wildman–Crippen MR) is 115 cm³/mol. The molecule has 1 N–H and O–H groups in total. The molecule has 0 unspecified atom stereocenters. The van der Waals surface area contributed by atoms with Crippen LogP contribution in [0.5, 0.6) is 17.2 Å². The van der Waals surface area contributed by atoms with Crippen LogP contribution in [0.25, 0.3) is 11.3 Å². The summed E-state index contributed by atoms with van der Waals surface area (Å²) in [7, 11) is 1.56. The van der Waals surface area contributed by atoms with Crippen LogP contribution >= 0.6 is 0 Å². The molecular formula is C24H28N2O3. The Morgan fingerprint density at radius 1 is 1.00 bits per heavy atom. The molecule has 29 heavy (non-hydrogen) atoms. The molecule has 0 fully saturated rings. The van der Waals surface area contributed by atoms with E-state index < -0.39 is 0 Å². The Labute approximate surface area is 172 Å². The van der Waals surface area contributed by atoms with Gasteiger partial charge in [-0.15, -0.1) is 0 Å². The Balaban J connectivity index is 1.62. The van der Waals surface area contributed by atoms with Crippen molar-refractivity contribution in [3.05, 3.63) is 66.1 Å². The van der Waals surface area contributed by atoms with E-state index in [-0.39, 0.29) is 5.75 Å². The predicted octanol–water partition coefficient (Wildman–Crippen LogP) is 5.21. The zero-order chi connectivity index (χ0) is 20.5. The molecular weight excluding hydrogens is 364 g/mol. The third-order valence-corrected chi connectivity index (χ3v) is 4.71. The standard InChI is InChI=1S/C24H28N2O3/c1-3-4-15-29-20-9-6-8-19(17-20)21-13-14-25-24(26-21)10-5-7-18-11-12-22(27)23(16-18)28-2/h6,8-9,11-14,16-17,27H,3-5,7,10,15H2,1-2H3. The number of benzene rings is 2. The number of aromatic nitrogens is 2. The van der Waals surface area contributed by atoms with E-state index in [1.165, 1.54) is 0 Å². The van der Waals surface area contributed by atoms with E-state index in [9.17, 15) is 5.11 Å².